The molecule has 0 aromatic carbocycles. The fourth-order valence-electron chi connectivity index (χ4n) is 1.58. The molecule has 0 aliphatic heterocycles. The first-order valence-electron chi connectivity index (χ1n) is 4.94. The quantitative estimate of drug-likeness (QED) is 0.597. The fraction of sp³-hybridized carbons (Fsp3) is 0.636. The molecule has 0 amide bonds. The second kappa shape index (κ2) is 4.43. The second-order valence-electron chi connectivity index (χ2n) is 4.95. The minimum Gasteiger partial charge on any atom is -0.271 e. The van der Waals surface area contributed by atoms with Crippen molar-refractivity contribution < 1.29 is 0 Å². The summed E-state index contributed by atoms with van der Waals surface area (Å²) in [6.45, 7) is 8.85. The van der Waals surface area contributed by atoms with Gasteiger partial charge < -0.3 is 0 Å². The number of hydrazine groups is 1. The van der Waals surface area contributed by atoms with Crippen molar-refractivity contribution in [1.82, 2.24) is 5.43 Å². The summed E-state index contributed by atoms with van der Waals surface area (Å²) < 4.78 is 0. The Balaban J connectivity index is 2.78. The molecule has 1 aromatic rings. The molecule has 0 saturated heterocycles. The zero-order chi connectivity index (χ0) is 10.8. The summed E-state index contributed by atoms with van der Waals surface area (Å²) in [6.07, 6.45) is 1.06. The summed E-state index contributed by atoms with van der Waals surface area (Å²) in [5, 5.41) is 2.12. The predicted molar refractivity (Wildman–Crippen MR) is 63.2 cm³/mol. The van der Waals surface area contributed by atoms with Crippen molar-refractivity contribution in [1.29, 1.82) is 0 Å². The molecule has 1 aromatic heterocycles. The van der Waals surface area contributed by atoms with Crippen molar-refractivity contribution in [2.45, 2.75) is 40.2 Å². The number of aryl methyl sites for hydroxylation is 1. The van der Waals surface area contributed by atoms with Crippen LogP contribution in [0.4, 0.5) is 0 Å². The molecule has 0 spiro atoms. The molecule has 0 fully saturated rings. The molecular formula is C11H20N2S. The van der Waals surface area contributed by atoms with Gasteiger partial charge in [0.05, 0.1) is 6.04 Å². The first-order chi connectivity index (χ1) is 6.44. The van der Waals surface area contributed by atoms with E-state index in [9.17, 15) is 0 Å². The molecule has 0 aliphatic rings. The van der Waals surface area contributed by atoms with Crippen molar-refractivity contribution in [2.24, 2.45) is 11.3 Å². The van der Waals surface area contributed by atoms with E-state index in [2.05, 4.69) is 44.6 Å². The molecule has 0 radical (unpaired) electrons. The van der Waals surface area contributed by atoms with Crippen molar-refractivity contribution >= 4 is 11.3 Å². The van der Waals surface area contributed by atoms with Crippen LogP contribution in [0, 0.1) is 12.3 Å². The molecule has 3 N–H and O–H groups in total. The van der Waals surface area contributed by atoms with Gasteiger partial charge in [0.25, 0.3) is 0 Å². The van der Waals surface area contributed by atoms with Gasteiger partial charge in [-0.15, -0.1) is 11.3 Å². The van der Waals surface area contributed by atoms with E-state index in [0.29, 0.717) is 5.41 Å². The second-order valence-corrected chi connectivity index (χ2v) is 5.90. The van der Waals surface area contributed by atoms with Crippen LogP contribution in [0.25, 0.3) is 0 Å². The highest BCUT2D eigenvalue weighted by molar-refractivity contribution is 7.10. The van der Waals surface area contributed by atoms with Gasteiger partial charge in [-0.2, -0.15) is 0 Å². The summed E-state index contributed by atoms with van der Waals surface area (Å²) in [7, 11) is 0. The summed E-state index contributed by atoms with van der Waals surface area (Å²) in [5.74, 6) is 5.60. The molecule has 3 heteroatoms. The van der Waals surface area contributed by atoms with Gasteiger partial charge in [-0.3, -0.25) is 11.3 Å². The third-order valence-electron chi connectivity index (χ3n) is 2.24. The molecule has 0 bridgehead atoms. The van der Waals surface area contributed by atoms with Gasteiger partial charge in [0.1, 0.15) is 0 Å². The van der Waals surface area contributed by atoms with E-state index >= 15 is 0 Å². The Hall–Kier alpha value is -0.380. The van der Waals surface area contributed by atoms with Gasteiger partial charge in [-0.05, 0) is 35.8 Å². The smallest absolute Gasteiger partial charge is 0.0560 e. The van der Waals surface area contributed by atoms with Crippen LogP contribution < -0.4 is 11.3 Å². The predicted octanol–water partition coefficient (Wildman–Crippen LogP) is 3.00. The normalized spacial score (nSPS) is 14.4. The number of rotatable bonds is 3. The van der Waals surface area contributed by atoms with Gasteiger partial charge in [-0.1, -0.05) is 20.8 Å². The van der Waals surface area contributed by atoms with Gasteiger partial charge >= 0.3 is 0 Å². The van der Waals surface area contributed by atoms with E-state index < -0.39 is 0 Å². The Bertz CT molecular complexity index is 286. The lowest BCUT2D eigenvalue weighted by Gasteiger charge is -2.25. The zero-order valence-corrected chi connectivity index (χ0v) is 10.2. The Morgan fingerprint density at radius 3 is 2.50 bits per heavy atom. The molecule has 2 nitrogen and oxygen atoms in total. The highest BCUT2D eigenvalue weighted by Gasteiger charge is 2.21. The summed E-state index contributed by atoms with van der Waals surface area (Å²) in [5.41, 5.74) is 4.55. The minimum absolute atomic E-state index is 0.287. The molecule has 0 aliphatic carbocycles. The third kappa shape index (κ3) is 3.08. The third-order valence-corrected chi connectivity index (χ3v) is 3.37. The average Bonchev–Trinajstić information content (AvgIpc) is 2.45. The van der Waals surface area contributed by atoms with E-state index in [4.69, 9.17) is 5.84 Å². The maximum absolute atomic E-state index is 5.60. The maximum Gasteiger partial charge on any atom is 0.0560 e. The molecule has 1 rings (SSSR count). The minimum atomic E-state index is 0.287. The Labute approximate surface area is 90.5 Å². The summed E-state index contributed by atoms with van der Waals surface area (Å²) >= 11 is 1.78. The molecular weight excluding hydrogens is 192 g/mol. The van der Waals surface area contributed by atoms with E-state index in [1.165, 1.54) is 10.4 Å². The van der Waals surface area contributed by atoms with Crippen LogP contribution in [-0.4, -0.2) is 0 Å². The van der Waals surface area contributed by atoms with E-state index in [0.717, 1.165) is 6.42 Å². The number of hydrogen-bond acceptors (Lipinski definition) is 3. The lowest BCUT2D eigenvalue weighted by atomic mass is 9.87. The summed E-state index contributed by atoms with van der Waals surface area (Å²) in [6, 6.07) is 2.43. The Morgan fingerprint density at radius 2 is 2.14 bits per heavy atom. The van der Waals surface area contributed by atoms with E-state index in [-0.39, 0.29) is 6.04 Å². The van der Waals surface area contributed by atoms with Crippen molar-refractivity contribution in [3.63, 3.8) is 0 Å². The number of hydrogen-bond donors (Lipinski definition) is 2. The van der Waals surface area contributed by atoms with Crippen LogP contribution in [0.15, 0.2) is 11.4 Å². The van der Waals surface area contributed by atoms with Crippen LogP contribution in [0.2, 0.25) is 0 Å². The highest BCUT2D eigenvalue weighted by Crippen LogP contribution is 2.32. The van der Waals surface area contributed by atoms with Crippen molar-refractivity contribution in [2.75, 3.05) is 0 Å². The van der Waals surface area contributed by atoms with Crippen LogP contribution >= 0.6 is 11.3 Å². The van der Waals surface area contributed by atoms with Crippen LogP contribution in [0.5, 0.6) is 0 Å². The van der Waals surface area contributed by atoms with Gasteiger partial charge in [0.15, 0.2) is 0 Å². The van der Waals surface area contributed by atoms with Crippen LogP contribution in [0.3, 0.4) is 0 Å². The maximum atomic E-state index is 5.60. The molecule has 80 valence electrons. The summed E-state index contributed by atoms with van der Waals surface area (Å²) in [4.78, 5) is 1.36. The molecule has 1 heterocycles. The lowest BCUT2D eigenvalue weighted by Crippen LogP contribution is -2.30. The number of thiophene rings is 1. The zero-order valence-electron chi connectivity index (χ0n) is 9.42. The van der Waals surface area contributed by atoms with Gasteiger partial charge in [0.2, 0.25) is 0 Å². The Kier molecular flexibility index (Phi) is 3.70. The SMILES string of the molecule is Cc1ccsc1C(CC(C)(C)C)NN. The largest absolute Gasteiger partial charge is 0.271 e. The monoisotopic (exact) mass is 212 g/mol. The molecule has 1 unspecified atom stereocenters. The highest BCUT2D eigenvalue weighted by atomic mass is 32.1. The first kappa shape index (κ1) is 11.7. The van der Waals surface area contributed by atoms with E-state index in [1.54, 1.807) is 11.3 Å². The lowest BCUT2D eigenvalue weighted by molar-refractivity contribution is 0.315. The molecule has 1 atom stereocenters. The topological polar surface area (TPSA) is 38.0 Å². The average molecular weight is 212 g/mol. The van der Waals surface area contributed by atoms with Gasteiger partial charge in [0, 0.05) is 4.88 Å². The standard InChI is InChI=1S/C11H20N2S/c1-8-5-6-14-10(8)9(13-12)7-11(2,3)4/h5-6,9,13H,7,12H2,1-4H3. The van der Waals surface area contributed by atoms with Crippen LogP contribution in [-0.2, 0) is 0 Å². The van der Waals surface area contributed by atoms with Crippen molar-refractivity contribution in [3.05, 3.63) is 21.9 Å². The number of nitrogens with two attached hydrogens (primary N) is 1. The Morgan fingerprint density at radius 1 is 1.50 bits per heavy atom. The number of nitrogens with one attached hydrogen (secondary N) is 1. The molecule has 0 saturated carbocycles. The van der Waals surface area contributed by atoms with Gasteiger partial charge in [-0.25, -0.2) is 0 Å². The van der Waals surface area contributed by atoms with Crippen molar-refractivity contribution in [3.8, 4) is 0 Å². The first-order valence-corrected chi connectivity index (χ1v) is 5.82. The fourth-order valence-corrected chi connectivity index (χ4v) is 2.57. The van der Waals surface area contributed by atoms with E-state index in [1.807, 2.05) is 0 Å². The molecule has 14 heavy (non-hydrogen) atoms. The van der Waals surface area contributed by atoms with Crippen LogP contribution in [0.1, 0.15) is 43.7 Å².